The van der Waals surface area contributed by atoms with E-state index in [4.69, 9.17) is 0 Å². The predicted octanol–water partition coefficient (Wildman–Crippen LogP) is 4.91. The molecule has 0 aliphatic rings. The zero-order chi connectivity index (χ0) is 14.9. The van der Waals surface area contributed by atoms with Crippen molar-refractivity contribution < 1.29 is 12.8 Å². The highest BCUT2D eigenvalue weighted by atomic mass is 79.9. The van der Waals surface area contributed by atoms with Gasteiger partial charge in [0.15, 0.2) is 0 Å². The molecular weight excluding hydrogens is 481 g/mol. The summed E-state index contributed by atoms with van der Waals surface area (Å²) in [5, 5.41) is 0. The van der Waals surface area contributed by atoms with Gasteiger partial charge < -0.3 is 0 Å². The number of sulfonamides is 1. The molecule has 0 fully saturated rings. The molecule has 0 spiro atoms. The summed E-state index contributed by atoms with van der Waals surface area (Å²) in [5.41, 5.74) is -0.126. The van der Waals surface area contributed by atoms with Gasteiger partial charge in [-0.1, -0.05) is 22.0 Å². The Morgan fingerprint density at radius 3 is 2.35 bits per heavy atom. The van der Waals surface area contributed by atoms with E-state index < -0.39 is 15.8 Å². The van der Waals surface area contributed by atoms with E-state index in [1.165, 1.54) is 18.2 Å². The van der Waals surface area contributed by atoms with Crippen molar-refractivity contribution in [2.75, 3.05) is 4.72 Å². The van der Waals surface area contributed by atoms with Crippen LogP contribution in [0.15, 0.2) is 54.7 Å². The molecule has 0 aliphatic carbocycles. The predicted molar refractivity (Wildman–Crippen MR) is 86.8 cm³/mol. The van der Waals surface area contributed by atoms with Gasteiger partial charge in [0.05, 0.1) is 5.69 Å². The highest BCUT2D eigenvalue weighted by molar-refractivity contribution is 9.11. The number of nitrogens with one attached hydrogen (secondary N) is 1. The van der Waals surface area contributed by atoms with Gasteiger partial charge in [-0.25, -0.2) is 12.8 Å². The standard InChI is InChI=1S/C12H7Br3FNO2S/c13-7-4-5-8(14)11(6-7)20(18,19)17-12-9(15)2-1-3-10(12)16/h1-6,17H. The molecule has 8 heteroatoms. The van der Waals surface area contributed by atoms with Crippen molar-refractivity contribution in [3.05, 3.63) is 55.6 Å². The summed E-state index contributed by atoms with van der Waals surface area (Å²) < 4.78 is 41.9. The van der Waals surface area contributed by atoms with Gasteiger partial charge in [-0.3, -0.25) is 4.72 Å². The zero-order valence-electron chi connectivity index (χ0n) is 9.70. The van der Waals surface area contributed by atoms with Gasteiger partial charge in [-0.15, -0.1) is 0 Å². The van der Waals surface area contributed by atoms with Crippen LogP contribution in [-0.4, -0.2) is 8.42 Å². The van der Waals surface area contributed by atoms with Crippen LogP contribution in [0.3, 0.4) is 0 Å². The van der Waals surface area contributed by atoms with E-state index in [-0.39, 0.29) is 10.6 Å². The summed E-state index contributed by atoms with van der Waals surface area (Å²) in [5.74, 6) is -0.658. The fraction of sp³-hybridized carbons (Fsp3) is 0. The molecule has 0 bridgehead atoms. The summed E-state index contributed by atoms with van der Waals surface area (Å²) in [7, 11) is -3.91. The second kappa shape index (κ2) is 6.13. The number of anilines is 1. The molecule has 0 saturated heterocycles. The Bertz CT molecular complexity index is 745. The number of rotatable bonds is 3. The monoisotopic (exact) mass is 485 g/mol. The van der Waals surface area contributed by atoms with Crippen LogP contribution in [0.1, 0.15) is 0 Å². The third kappa shape index (κ3) is 3.41. The average molecular weight is 488 g/mol. The van der Waals surface area contributed by atoms with Crippen molar-refractivity contribution in [3.63, 3.8) is 0 Å². The summed E-state index contributed by atoms with van der Waals surface area (Å²) in [6.45, 7) is 0. The highest BCUT2D eigenvalue weighted by Crippen LogP contribution is 2.31. The largest absolute Gasteiger partial charge is 0.275 e. The molecule has 0 unspecified atom stereocenters. The Labute approximate surface area is 141 Å². The Kier molecular flexibility index (Phi) is 4.88. The van der Waals surface area contributed by atoms with Gasteiger partial charge in [-0.05, 0) is 62.2 Å². The lowest BCUT2D eigenvalue weighted by Crippen LogP contribution is -2.15. The maximum Gasteiger partial charge on any atom is 0.263 e. The van der Waals surface area contributed by atoms with Crippen LogP contribution < -0.4 is 4.72 Å². The van der Waals surface area contributed by atoms with Crippen LogP contribution in [0.5, 0.6) is 0 Å². The second-order valence-electron chi connectivity index (χ2n) is 3.78. The van der Waals surface area contributed by atoms with Crippen molar-refractivity contribution in [1.82, 2.24) is 0 Å². The fourth-order valence-corrected chi connectivity index (χ4v) is 4.63. The van der Waals surface area contributed by atoms with E-state index in [0.717, 1.165) is 0 Å². The molecule has 3 nitrogen and oxygen atoms in total. The summed E-state index contributed by atoms with van der Waals surface area (Å²) >= 11 is 9.50. The molecule has 2 aromatic rings. The van der Waals surface area contributed by atoms with Gasteiger partial charge in [-0.2, -0.15) is 0 Å². The van der Waals surface area contributed by atoms with Crippen LogP contribution in [0.25, 0.3) is 0 Å². The number of hydrogen-bond acceptors (Lipinski definition) is 2. The SMILES string of the molecule is O=S(=O)(Nc1c(F)cccc1Br)c1cc(Br)ccc1Br. The topological polar surface area (TPSA) is 46.2 Å². The Morgan fingerprint density at radius 2 is 1.70 bits per heavy atom. The van der Waals surface area contributed by atoms with Gasteiger partial charge in [0.2, 0.25) is 0 Å². The summed E-state index contributed by atoms with van der Waals surface area (Å²) in [6.07, 6.45) is 0. The molecule has 0 heterocycles. The third-order valence-corrected chi connectivity index (χ3v) is 5.88. The van der Waals surface area contributed by atoms with Crippen LogP contribution in [0.4, 0.5) is 10.1 Å². The Morgan fingerprint density at radius 1 is 1.00 bits per heavy atom. The van der Waals surface area contributed by atoms with Gasteiger partial charge in [0, 0.05) is 13.4 Å². The third-order valence-electron chi connectivity index (χ3n) is 2.38. The van der Waals surface area contributed by atoms with Crippen LogP contribution >= 0.6 is 47.8 Å². The molecule has 1 N–H and O–H groups in total. The van der Waals surface area contributed by atoms with Crippen molar-refractivity contribution in [2.24, 2.45) is 0 Å². The summed E-state index contributed by atoms with van der Waals surface area (Å²) in [6, 6.07) is 8.93. The van der Waals surface area contributed by atoms with E-state index in [2.05, 4.69) is 52.5 Å². The first kappa shape index (κ1) is 15.9. The number of benzene rings is 2. The minimum absolute atomic E-state index is 0.0158. The number of para-hydroxylation sites is 1. The van der Waals surface area contributed by atoms with Crippen LogP contribution in [0.2, 0.25) is 0 Å². The summed E-state index contributed by atoms with van der Waals surface area (Å²) in [4.78, 5) is 0.0158. The molecule has 2 aromatic carbocycles. The van der Waals surface area contributed by atoms with Crippen LogP contribution in [0, 0.1) is 5.82 Å². The number of hydrogen-bond donors (Lipinski definition) is 1. The average Bonchev–Trinajstić information content (AvgIpc) is 2.37. The molecule has 0 saturated carbocycles. The van der Waals surface area contributed by atoms with Crippen molar-refractivity contribution in [2.45, 2.75) is 4.90 Å². The molecule has 20 heavy (non-hydrogen) atoms. The minimum Gasteiger partial charge on any atom is -0.275 e. The molecular formula is C12H7Br3FNO2S. The maximum absolute atomic E-state index is 13.7. The molecule has 106 valence electrons. The van der Waals surface area contributed by atoms with E-state index in [0.29, 0.717) is 13.4 Å². The quantitative estimate of drug-likeness (QED) is 0.668. The second-order valence-corrected chi connectivity index (χ2v) is 8.05. The first-order chi connectivity index (χ1) is 9.31. The number of halogens is 4. The van der Waals surface area contributed by atoms with Gasteiger partial charge in [0.1, 0.15) is 10.7 Å². The first-order valence-corrected chi connectivity index (χ1v) is 9.09. The molecule has 0 atom stereocenters. The maximum atomic E-state index is 13.7. The minimum atomic E-state index is -3.91. The molecule has 0 aromatic heterocycles. The van der Waals surface area contributed by atoms with E-state index in [1.807, 2.05) is 0 Å². The van der Waals surface area contributed by atoms with E-state index >= 15 is 0 Å². The normalized spacial score (nSPS) is 11.4. The smallest absolute Gasteiger partial charge is 0.263 e. The fourth-order valence-electron chi connectivity index (χ4n) is 1.47. The molecule has 0 radical (unpaired) electrons. The first-order valence-electron chi connectivity index (χ1n) is 5.23. The van der Waals surface area contributed by atoms with Crippen LogP contribution in [-0.2, 0) is 10.0 Å². The van der Waals surface area contributed by atoms with Crippen molar-refractivity contribution >= 4 is 63.5 Å². The van der Waals surface area contributed by atoms with Gasteiger partial charge in [0.25, 0.3) is 10.0 Å². The van der Waals surface area contributed by atoms with Crippen molar-refractivity contribution in [1.29, 1.82) is 0 Å². The molecule has 0 amide bonds. The Balaban J connectivity index is 2.49. The van der Waals surface area contributed by atoms with Crippen molar-refractivity contribution in [3.8, 4) is 0 Å². The van der Waals surface area contributed by atoms with Gasteiger partial charge >= 0.3 is 0 Å². The lowest BCUT2D eigenvalue weighted by atomic mass is 10.3. The van der Waals surface area contributed by atoms with E-state index in [1.54, 1.807) is 18.2 Å². The molecule has 2 rings (SSSR count). The van der Waals surface area contributed by atoms with E-state index in [9.17, 15) is 12.8 Å². The lowest BCUT2D eigenvalue weighted by molar-refractivity contribution is 0.598. The molecule has 0 aliphatic heterocycles. The Hall–Kier alpha value is -0.440. The highest BCUT2D eigenvalue weighted by Gasteiger charge is 2.21. The lowest BCUT2D eigenvalue weighted by Gasteiger charge is -2.12. The zero-order valence-corrected chi connectivity index (χ0v) is 15.3.